The van der Waals surface area contributed by atoms with Crippen molar-refractivity contribution < 1.29 is 14.7 Å². The van der Waals surface area contributed by atoms with Gasteiger partial charge in [-0.2, -0.15) is 0 Å². The maximum Gasteiger partial charge on any atom is 0.313 e. The van der Waals surface area contributed by atoms with Crippen LogP contribution in [0.25, 0.3) is 0 Å². The zero-order chi connectivity index (χ0) is 14.4. The number of nitrogens with one attached hydrogen (secondary N) is 2. The van der Waals surface area contributed by atoms with Crippen LogP contribution in [0, 0.1) is 12.8 Å². The summed E-state index contributed by atoms with van der Waals surface area (Å²) in [6, 6.07) is 4.97. The van der Waals surface area contributed by atoms with E-state index in [9.17, 15) is 9.59 Å². The SMILES string of the molecule is Cc1cc(Cl)ccc1NC(=O)C(=O)NCC(C)CO. The highest BCUT2D eigenvalue weighted by atomic mass is 35.5. The summed E-state index contributed by atoms with van der Waals surface area (Å²) in [6.45, 7) is 3.76. The summed E-state index contributed by atoms with van der Waals surface area (Å²) in [5.41, 5.74) is 1.32. The lowest BCUT2D eigenvalue weighted by Gasteiger charge is -2.11. The fourth-order valence-corrected chi connectivity index (χ4v) is 1.58. The molecule has 0 spiro atoms. The van der Waals surface area contributed by atoms with Crippen LogP contribution in [0.2, 0.25) is 5.02 Å². The van der Waals surface area contributed by atoms with E-state index in [1.165, 1.54) is 0 Å². The van der Waals surface area contributed by atoms with Gasteiger partial charge in [0.2, 0.25) is 0 Å². The van der Waals surface area contributed by atoms with E-state index >= 15 is 0 Å². The van der Waals surface area contributed by atoms with Gasteiger partial charge in [0.1, 0.15) is 0 Å². The van der Waals surface area contributed by atoms with Crippen molar-refractivity contribution >= 4 is 29.1 Å². The largest absolute Gasteiger partial charge is 0.396 e. The van der Waals surface area contributed by atoms with Gasteiger partial charge in [0, 0.05) is 23.9 Å². The van der Waals surface area contributed by atoms with E-state index in [2.05, 4.69) is 10.6 Å². The molecule has 0 aliphatic heterocycles. The summed E-state index contributed by atoms with van der Waals surface area (Å²) < 4.78 is 0. The van der Waals surface area contributed by atoms with Crippen LogP contribution in [0.15, 0.2) is 18.2 Å². The first-order chi connectivity index (χ1) is 8.93. The molecule has 0 bridgehead atoms. The number of anilines is 1. The lowest BCUT2D eigenvalue weighted by Crippen LogP contribution is -2.38. The van der Waals surface area contributed by atoms with Crippen LogP contribution in [-0.2, 0) is 9.59 Å². The highest BCUT2D eigenvalue weighted by Crippen LogP contribution is 2.19. The molecule has 0 heterocycles. The molecule has 6 heteroatoms. The summed E-state index contributed by atoms with van der Waals surface area (Å²) in [6.07, 6.45) is 0. The van der Waals surface area contributed by atoms with Gasteiger partial charge in [-0.05, 0) is 36.6 Å². The van der Waals surface area contributed by atoms with Crippen molar-refractivity contribution in [1.82, 2.24) is 5.32 Å². The molecule has 5 nitrogen and oxygen atoms in total. The molecule has 0 aromatic heterocycles. The summed E-state index contributed by atoms with van der Waals surface area (Å²) in [4.78, 5) is 23.1. The number of hydrogen-bond acceptors (Lipinski definition) is 3. The number of carbonyl (C=O) groups excluding carboxylic acids is 2. The van der Waals surface area contributed by atoms with E-state index < -0.39 is 11.8 Å². The zero-order valence-electron chi connectivity index (χ0n) is 10.9. The minimum Gasteiger partial charge on any atom is -0.396 e. The number of aliphatic hydroxyl groups excluding tert-OH is 1. The third kappa shape index (κ3) is 4.89. The van der Waals surface area contributed by atoms with Gasteiger partial charge in [0.05, 0.1) is 0 Å². The van der Waals surface area contributed by atoms with Crippen LogP contribution in [0.1, 0.15) is 12.5 Å². The van der Waals surface area contributed by atoms with Gasteiger partial charge >= 0.3 is 11.8 Å². The minimum absolute atomic E-state index is 0.0435. The molecule has 0 fully saturated rings. The molecule has 0 aliphatic carbocycles. The predicted octanol–water partition coefficient (Wildman–Crippen LogP) is 1.33. The first-order valence-corrected chi connectivity index (χ1v) is 6.28. The van der Waals surface area contributed by atoms with Crippen LogP contribution in [-0.4, -0.2) is 30.1 Å². The van der Waals surface area contributed by atoms with Crippen LogP contribution in [0.3, 0.4) is 0 Å². The summed E-state index contributed by atoms with van der Waals surface area (Å²) >= 11 is 5.80. The monoisotopic (exact) mass is 284 g/mol. The fraction of sp³-hybridized carbons (Fsp3) is 0.385. The van der Waals surface area contributed by atoms with E-state index in [0.717, 1.165) is 5.56 Å². The molecule has 0 saturated carbocycles. The second-order valence-corrected chi connectivity index (χ2v) is 4.85. The number of halogens is 1. The fourth-order valence-electron chi connectivity index (χ4n) is 1.36. The Morgan fingerprint density at radius 3 is 2.63 bits per heavy atom. The van der Waals surface area contributed by atoms with Crippen LogP contribution >= 0.6 is 11.6 Å². The molecular formula is C13H17ClN2O3. The van der Waals surface area contributed by atoms with Crippen molar-refractivity contribution in [1.29, 1.82) is 0 Å². The normalized spacial score (nSPS) is 11.8. The Labute approximate surface area is 117 Å². The number of benzene rings is 1. The van der Waals surface area contributed by atoms with Crippen molar-refractivity contribution in [3.8, 4) is 0 Å². The smallest absolute Gasteiger partial charge is 0.313 e. The van der Waals surface area contributed by atoms with E-state index in [4.69, 9.17) is 16.7 Å². The topological polar surface area (TPSA) is 78.4 Å². The molecule has 0 saturated heterocycles. The Hall–Kier alpha value is -1.59. The Morgan fingerprint density at radius 1 is 1.37 bits per heavy atom. The maximum absolute atomic E-state index is 11.6. The Balaban J connectivity index is 2.56. The van der Waals surface area contributed by atoms with Crippen molar-refractivity contribution in [2.45, 2.75) is 13.8 Å². The first-order valence-electron chi connectivity index (χ1n) is 5.90. The zero-order valence-corrected chi connectivity index (χ0v) is 11.6. The molecule has 3 N–H and O–H groups in total. The second-order valence-electron chi connectivity index (χ2n) is 4.41. The molecule has 0 radical (unpaired) electrons. The Morgan fingerprint density at radius 2 is 2.05 bits per heavy atom. The number of aryl methyl sites for hydroxylation is 1. The molecular weight excluding hydrogens is 268 g/mol. The van der Waals surface area contributed by atoms with E-state index in [1.807, 2.05) is 0 Å². The van der Waals surface area contributed by atoms with Crippen LogP contribution < -0.4 is 10.6 Å². The minimum atomic E-state index is -0.740. The Kier molecular flexibility index (Phi) is 5.79. The van der Waals surface area contributed by atoms with Crippen molar-refractivity contribution in [2.24, 2.45) is 5.92 Å². The number of carbonyl (C=O) groups is 2. The second kappa shape index (κ2) is 7.11. The standard InChI is InChI=1S/C13H17ClN2O3/c1-8(7-17)6-15-12(18)13(19)16-11-4-3-10(14)5-9(11)2/h3-5,8,17H,6-7H2,1-2H3,(H,15,18)(H,16,19). The molecule has 1 aromatic carbocycles. The van der Waals surface area contributed by atoms with Gasteiger partial charge < -0.3 is 15.7 Å². The maximum atomic E-state index is 11.6. The lowest BCUT2D eigenvalue weighted by atomic mass is 10.2. The van der Waals surface area contributed by atoms with Gasteiger partial charge in [0.15, 0.2) is 0 Å². The van der Waals surface area contributed by atoms with Crippen molar-refractivity contribution in [3.05, 3.63) is 28.8 Å². The number of aliphatic hydroxyl groups is 1. The lowest BCUT2D eigenvalue weighted by molar-refractivity contribution is -0.136. The summed E-state index contributed by atoms with van der Waals surface area (Å²) in [7, 11) is 0. The highest BCUT2D eigenvalue weighted by Gasteiger charge is 2.15. The third-order valence-corrected chi connectivity index (χ3v) is 2.80. The average Bonchev–Trinajstić information content (AvgIpc) is 2.38. The van der Waals surface area contributed by atoms with Gasteiger partial charge in [-0.25, -0.2) is 0 Å². The quantitative estimate of drug-likeness (QED) is 0.730. The Bertz CT molecular complexity index is 477. The van der Waals surface area contributed by atoms with Gasteiger partial charge in [-0.15, -0.1) is 0 Å². The third-order valence-electron chi connectivity index (χ3n) is 2.57. The molecule has 1 aromatic rings. The number of rotatable bonds is 4. The molecule has 0 aliphatic rings. The van der Waals surface area contributed by atoms with E-state index in [1.54, 1.807) is 32.0 Å². The van der Waals surface area contributed by atoms with Crippen LogP contribution in [0.5, 0.6) is 0 Å². The van der Waals surface area contributed by atoms with Crippen molar-refractivity contribution in [2.75, 3.05) is 18.5 Å². The summed E-state index contributed by atoms with van der Waals surface area (Å²) in [5.74, 6) is -1.56. The molecule has 1 unspecified atom stereocenters. The molecule has 19 heavy (non-hydrogen) atoms. The van der Waals surface area contributed by atoms with Crippen molar-refractivity contribution in [3.63, 3.8) is 0 Å². The highest BCUT2D eigenvalue weighted by molar-refractivity contribution is 6.39. The number of amides is 2. The summed E-state index contributed by atoms with van der Waals surface area (Å²) in [5, 5.41) is 14.3. The van der Waals surface area contributed by atoms with Gasteiger partial charge in [-0.3, -0.25) is 9.59 Å². The van der Waals surface area contributed by atoms with E-state index in [-0.39, 0.29) is 19.1 Å². The first kappa shape index (κ1) is 15.5. The number of hydrogen-bond donors (Lipinski definition) is 3. The molecule has 104 valence electrons. The van der Waals surface area contributed by atoms with Crippen LogP contribution in [0.4, 0.5) is 5.69 Å². The van der Waals surface area contributed by atoms with E-state index in [0.29, 0.717) is 10.7 Å². The van der Waals surface area contributed by atoms with Gasteiger partial charge in [-0.1, -0.05) is 18.5 Å². The molecule has 2 amide bonds. The predicted molar refractivity (Wildman–Crippen MR) is 74.1 cm³/mol. The molecule has 1 rings (SSSR count). The van der Waals surface area contributed by atoms with Gasteiger partial charge in [0.25, 0.3) is 0 Å². The molecule has 1 atom stereocenters. The average molecular weight is 285 g/mol.